The number of rotatable bonds is 3. The topological polar surface area (TPSA) is 74.1 Å². The van der Waals surface area contributed by atoms with Crippen molar-refractivity contribution in [2.75, 3.05) is 38.3 Å². The van der Waals surface area contributed by atoms with E-state index >= 15 is 0 Å². The Morgan fingerprint density at radius 2 is 2.05 bits per heavy atom. The van der Waals surface area contributed by atoms with Gasteiger partial charge in [-0.05, 0) is 6.07 Å². The van der Waals surface area contributed by atoms with Crippen molar-refractivity contribution in [3.05, 3.63) is 28.3 Å². The lowest BCUT2D eigenvalue weighted by Crippen LogP contribution is -2.62. The minimum absolute atomic E-state index is 0.0325. The highest BCUT2D eigenvalue weighted by atomic mass is 16.7. The summed E-state index contributed by atoms with van der Waals surface area (Å²) in [5.41, 5.74) is 0.835. The van der Waals surface area contributed by atoms with Crippen LogP contribution in [0.1, 0.15) is 0 Å². The Hall–Kier alpha value is -1.86. The minimum atomic E-state index is -0.477. The van der Waals surface area contributed by atoms with Crippen molar-refractivity contribution in [3.63, 3.8) is 0 Å². The first-order valence-electron chi connectivity index (χ1n) is 5.99. The van der Waals surface area contributed by atoms with Crippen LogP contribution in [0.5, 0.6) is 5.75 Å². The maximum absolute atomic E-state index is 10.8. The zero-order chi connectivity index (χ0) is 13.5. The molecule has 1 spiro atoms. The summed E-state index contributed by atoms with van der Waals surface area (Å²) in [5.74, 6) is -0.216. The van der Waals surface area contributed by atoms with Crippen molar-refractivity contribution in [1.29, 1.82) is 0 Å². The molecule has 2 heterocycles. The van der Waals surface area contributed by atoms with Crippen molar-refractivity contribution in [2.45, 2.75) is 5.79 Å². The summed E-state index contributed by atoms with van der Waals surface area (Å²) in [5, 5.41) is 10.8. The van der Waals surface area contributed by atoms with Gasteiger partial charge in [0.05, 0.1) is 38.3 Å². The molecule has 0 atom stereocenters. The molecule has 2 saturated heterocycles. The summed E-state index contributed by atoms with van der Waals surface area (Å²) in [6.07, 6.45) is 0. The Balaban J connectivity index is 1.78. The summed E-state index contributed by atoms with van der Waals surface area (Å²) in [6.45, 7) is 2.51. The highest BCUT2D eigenvalue weighted by Crippen LogP contribution is 2.37. The monoisotopic (exact) mass is 266 g/mol. The van der Waals surface area contributed by atoms with E-state index in [4.69, 9.17) is 14.2 Å². The maximum Gasteiger partial charge on any atom is 0.311 e. The van der Waals surface area contributed by atoms with Crippen LogP contribution in [0.4, 0.5) is 11.4 Å². The third-order valence-corrected chi connectivity index (χ3v) is 3.40. The van der Waals surface area contributed by atoms with Crippen LogP contribution in [-0.2, 0) is 9.47 Å². The molecule has 1 aromatic rings. The second-order valence-electron chi connectivity index (χ2n) is 4.58. The van der Waals surface area contributed by atoms with Gasteiger partial charge in [-0.3, -0.25) is 10.1 Å². The molecule has 0 amide bonds. The van der Waals surface area contributed by atoms with Crippen LogP contribution in [0.3, 0.4) is 0 Å². The van der Waals surface area contributed by atoms with Gasteiger partial charge in [-0.25, -0.2) is 0 Å². The Labute approximate surface area is 109 Å². The summed E-state index contributed by atoms with van der Waals surface area (Å²) in [6, 6.07) is 4.83. The molecule has 1 aromatic carbocycles. The third kappa shape index (κ3) is 2.00. The average Bonchev–Trinajstić information content (AvgIpc) is 2.85. The second-order valence-corrected chi connectivity index (χ2v) is 4.58. The van der Waals surface area contributed by atoms with Crippen LogP contribution in [0.15, 0.2) is 18.2 Å². The molecule has 2 aliphatic heterocycles. The molecule has 0 bridgehead atoms. The Kier molecular flexibility index (Phi) is 2.79. The van der Waals surface area contributed by atoms with E-state index < -0.39 is 10.7 Å². The highest BCUT2D eigenvalue weighted by molar-refractivity contribution is 5.60. The Morgan fingerprint density at radius 1 is 1.37 bits per heavy atom. The number of benzene rings is 1. The van der Waals surface area contributed by atoms with Gasteiger partial charge in [0, 0.05) is 17.8 Å². The zero-order valence-electron chi connectivity index (χ0n) is 10.5. The van der Waals surface area contributed by atoms with Gasteiger partial charge in [0.2, 0.25) is 5.79 Å². The molecule has 2 fully saturated rings. The highest BCUT2D eigenvalue weighted by Gasteiger charge is 2.48. The van der Waals surface area contributed by atoms with Gasteiger partial charge < -0.3 is 19.1 Å². The van der Waals surface area contributed by atoms with E-state index in [-0.39, 0.29) is 11.4 Å². The van der Waals surface area contributed by atoms with Crippen LogP contribution in [-0.4, -0.2) is 44.1 Å². The fourth-order valence-corrected chi connectivity index (χ4v) is 2.41. The van der Waals surface area contributed by atoms with Gasteiger partial charge in [0.15, 0.2) is 5.75 Å². The zero-order valence-corrected chi connectivity index (χ0v) is 10.5. The quantitative estimate of drug-likeness (QED) is 0.604. The number of methoxy groups -OCH3 is 1. The fraction of sp³-hybridized carbons (Fsp3) is 0.500. The van der Waals surface area contributed by atoms with E-state index in [2.05, 4.69) is 0 Å². The van der Waals surface area contributed by atoms with Crippen LogP contribution in [0, 0.1) is 10.1 Å². The molecular weight excluding hydrogens is 252 g/mol. The lowest BCUT2D eigenvalue weighted by Gasteiger charge is -2.46. The van der Waals surface area contributed by atoms with E-state index in [1.807, 2.05) is 4.90 Å². The Bertz CT molecular complexity index is 505. The first kappa shape index (κ1) is 12.2. The lowest BCUT2D eigenvalue weighted by atomic mass is 10.1. The normalized spacial score (nSPS) is 20.4. The molecular formula is C12H14N2O5. The number of hydrogen-bond acceptors (Lipinski definition) is 6. The number of hydrogen-bond donors (Lipinski definition) is 0. The lowest BCUT2D eigenvalue weighted by molar-refractivity contribution is -0.385. The molecule has 0 unspecified atom stereocenters. The molecule has 3 rings (SSSR count). The SMILES string of the molecule is COc1cc(N2CC3(C2)OCCO3)ccc1[N+](=O)[O-]. The first-order valence-corrected chi connectivity index (χ1v) is 5.99. The van der Waals surface area contributed by atoms with Crippen molar-refractivity contribution in [1.82, 2.24) is 0 Å². The summed E-state index contributed by atoms with van der Waals surface area (Å²) >= 11 is 0. The van der Waals surface area contributed by atoms with E-state index in [0.29, 0.717) is 26.3 Å². The third-order valence-electron chi connectivity index (χ3n) is 3.40. The molecule has 7 nitrogen and oxygen atoms in total. The molecule has 0 aliphatic carbocycles. The number of nitro benzene ring substituents is 1. The van der Waals surface area contributed by atoms with Crippen LogP contribution >= 0.6 is 0 Å². The van der Waals surface area contributed by atoms with Gasteiger partial charge in [0.25, 0.3) is 0 Å². The molecule has 0 N–H and O–H groups in total. The smallest absolute Gasteiger partial charge is 0.311 e. The molecule has 7 heteroatoms. The van der Waals surface area contributed by atoms with Gasteiger partial charge in [-0.15, -0.1) is 0 Å². The minimum Gasteiger partial charge on any atom is -0.490 e. The predicted molar refractivity (Wildman–Crippen MR) is 66.5 cm³/mol. The molecule has 0 saturated carbocycles. The van der Waals surface area contributed by atoms with Gasteiger partial charge in [-0.1, -0.05) is 0 Å². The second kappa shape index (κ2) is 4.36. The van der Waals surface area contributed by atoms with Crippen LogP contribution < -0.4 is 9.64 Å². The largest absolute Gasteiger partial charge is 0.490 e. The summed E-state index contributed by atoms with van der Waals surface area (Å²) in [4.78, 5) is 12.4. The first-order chi connectivity index (χ1) is 9.13. The van der Waals surface area contributed by atoms with Gasteiger partial charge in [0.1, 0.15) is 0 Å². The van der Waals surface area contributed by atoms with E-state index in [1.165, 1.54) is 13.2 Å². The molecule has 0 radical (unpaired) electrons. The predicted octanol–water partition coefficient (Wildman–Crippen LogP) is 1.17. The number of anilines is 1. The standard InChI is InChI=1S/C12H14N2O5/c1-17-11-6-9(2-3-10(11)14(15)16)13-7-12(8-13)18-4-5-19-12/h2-3,6H,4-5,7-8H2,1H3. The van der Waals surface area contributed by atoms with E-state index in [1.54, 1.807) is 12.1 Å². The van der Waals surface area contributed by atoms with Crippen molar-refractivity contribution >= 4 is 11.4 Å². The van der Waals surface area contributed by atoms with Crippen molar-refractivity contribution in [2.24, 2.45) is 0 Å². The van der Waals surface area contributed by atoms with Crippen molar-refractivity contribution < 1.29 is 19.1 Å². The number of ether oxygens (including phenoxy) is 3. The summed E-state index contributed by atoms with van der Waals surface area (Å²) in [7, 11) is 1.42. The molecule has 0 aromatic heterocycles. The van der Waals surface area contributed by atoms with Crippen LogP contribution in [0.25, 0.3) is 0 Å². The fourth-order valence-electron chi connectivity index (χ4n) is 2.41. The number of nitro groups is 1. The molecule has 19 heavy (non-hydrogen) atoms. The summed E-state index contributed by atoms with van der Waals surface area (Å²) < 4.78 is 16.1. The average molecular weight is 266 g/mol. The molecule has 102 valence electrons. The number of nitrogens with zero attached hydrogens (tertiary/aromatic N) is 2. The van der Waals surface area contributed by atoms with Crippen molar-refractivity contribution in [3.8, 4) is 5.75 Å². The van der Waals surface area contributed by atoms with Gasteiger partial charge >= 0.3 is 5.69 Å². The Morgan fingerprint density at radius 3 is 2.63 bits per heavy atom. The van der Waals surface area contributed by atoms with E-state index in [0.717, 1.165) is 5.69 Å². The molecule has 2 aliphatic rings. The van der Waals surface area contributed by atoms with E-state index in [9.17, 15) is 10.1 Å². The van der Waals surface area contributed by atoms with Gasteiger partial charge in [-0.2, -0.15) is 0 Å². The maximum atomic E-state index is 10.8. The van der Waals surface area contributed by atoms with Crippen LogP contribution in [0.2, 0.25) is 0 Å².